The van der Waals surface area contributed by atoms with E-state index in [1.165, 1.54) is 6.42 Å². The Morgan fingerprint density at radius 3 is 2.97 bits per heavy atom. The summed E-state index contributed by atoms with van der Waals surface area (Å²) in [5.74, 6) is 1.29. The molecule has 0 spiro atoms. The highest BCUT2D eigenvalue weighted by molar-refractivity contribution is 5.79. The van der Waals surface area contributed by atoms with E-state index in [1.54, 1.807) is 0 Å². The van der Waals surface area contributed by atoms with E-state index < -0.39 is 0 Å². The van der Waals surface area contributed by atoms with Crippen LogP contribution in [0.1, 0.15) is 55.6 Å². The van der Waals surface area contributed by atoms with Crippen molar-refractivity contribution < 1.29 is 4.74 Å². The summed E-state index contributed by atoms with van der Waals surface area (Å²) >= 11 is 0. The maximum absolute atomic E-state index is 13.3. The molecule has 3 atom stereocenters. The van der Waals surface area contributed by atoms with Crippen LogP contribution in [0.15, 0.2) is 29.1 Å². The fourth-order valence-electron chi connectivity index (χ4n) is 5.02. The Labute approximate surface area is 181 Å². The van der Waals surface area contributed by atoms with Crippen LogP contribution >= 0.6 is 0 Å². The number of aromatic amines is 1. The minimum atomic E-state index is -0.284. The highest BCUT2D eigenvalue weighted by Gasteiger charge is 2.33. The van der Waals surface area contributed by atoms with E-state index in [-0.39, 0.29) is 17.7 Å². The van der Waals surface area contributed by atoms with Gasteiger partial charge in [-0.1, -0.05) is 18.6 Å². The van der Waals surface area contributed by atoms with Crippen molar-refractivity contribution in [2.75, 3.05) is 19.7 Å². The highest BCUT2D eigenvalue weighted by Crippen LogP contribution is 2.31. The largest absolute Gasteiger partial charge is 0.376 e. The third kappa shape index (κ3) is 4.14. The van der Waals surface area contributed by atoms with Gasteiger partial charge in [-0.25, -0.2) is 4.68 Å². The van der Waals surface area contributed by atoms with Crippen molar-refractivity contribution >= 4 is 10.9 Å². The molecule has 0 bridgehead atoms. The maximum atomic E-state index is 13.3. The molecule has 0 radical (unpaired) electrons. The molecular weight excluding hydrogens is 392 g/mol. The molecule has 0 aliphatic carbocycles. The van der Waals surface area contributed by atoms with Crippen molar-refractivity contribution in [3.8, 4) is 0 Å². The first kappa shape index (κ1) is 20.3. The number of fused-ring (bicyclic) bond motifs is 1. The molecule has 3 unspecified atom stereocenters. The van der Waals surface area contributed by atoms with Gasteiger partial charge in [0.1, 0.15) is 6.04 Å². The number of nitrogens with zero attached hydrogens (tertiary/aromatic N) is 5. The molecular formula is C23H30N6O2. The Bertz CT molecular complexity index is 1120. The van der Waals surface area contributed by atoms with E-state index >= 15 is 0 Å². The first-order chi connectivity index (χ1) is 15.1. The molecule has 8 nitrogen and oxygen atoms in total. The second kappa shape index (κ2) is 8.51. The second-order valence-electron chi connectivity index (χ2n) is 9.14. The van der Waals surface area contributed by atoms with E-state index in [0.717, 1.165) is 61.2 Å². The Morgan fingerprint density at radius 2 is 2.16 bits per heavy atom. The van der Waals surface area contributed by atoms with E-state index in [9.17, 15) is 4.79 Å². The number of nitrogens with one attached hydrogen (secondary N) is 1. The Balaban J connectivity index is 1.60. The van der Waals surface area contributed by atoms with Crippen LogP contribution in [0.4, 0.5) is 0 Å². The van der Waals surface area contributed by atoms with Gasteiger partial charge >= 0.3 is 0 Å². The van der Waals surface area contributed by atoms with Gasteiger partial charge in [0, 0.05) is 24.2 Å². The molecule has 5 rings (SSSR count). The van der Waals surface area contributed by atoms with Crippen LogP contribution < -0.4 is 5.56 Å². The van der Waals surface area contributed by atoms with Gasteiger partial charge in [0.25, 0.3) is 5.56 Å². The number of piperidine rings is 1. The molecule has 2 fully saturated rings. The molecule has 1 N–H and O–H groups in total. The summed E-state index contributed by atoms with van der Waals surface area (Å²) in [6, 6.07) is 7.84. The topological polar surface area (TPSA) is 88.9 Å². The molecule has 2 aliphatic rings. The van der Waals surface area contributed by atoms with Gasteiger partial charge in [-0.2, -0.15) is 0 Å². The number of rotatable bonds is 5. The zero-order valence-electron chi connectivity index (χ0n) is 18.3. The van der Waals surface area contributed by atoms with Gasteiger partial charge in [0.2, 0.25) is 0 Å². The lowest BCUT2D eigenvalue weighted by Crippen LogP contribution is -2.41. The normalized spacial score (nSPS) is 23.4. The summed E-state index contributed by atoms with van der Waals surface area (Å²) in [4.78, 5) is 18.7. The lowest BCUT2D eigenvalue weighted by Gasteiger charge is -2.36. The van der Waals surface area contributed by atoms with Crippen LogP contribution in [-0.2, 0) is 11.3 Å². The number of benzene rings is 1. The quantitative estimate of drug-likeness (QED) is 0.680. The SMILES string of the molecule is Cc1ccc2[nH]c(=O)c(C(c3nnnn3CC3CCCO3)N3CCCC(C)C3)cc2c1. The molecule has 0 amide bonds. The van der Waals surface area contributed by atoms with Crippen molar-refractivity contribution in [3.63, 3.8) is 0 Å². The molecule has 8 heteroatoms. The van der Waals surface area contributed by atoms with Gasteiger partial charge in [-0.3, -0.25) is 9.69 Å². The van der Waals surface area contributed by atoms with Crippen LogP contribution in [0.5, 0.6) is 0 Å². The monoisotopic (exact) mass is 422 g/mol. The summed E-state index contributed by atoms with van der Waals surface area (Å²) < 4.78 is 7.67. The minimum Gasteiger partial charge on any atom is -0.376 e. The van der Waals surface area contributed by atoms with Gasteiger partial charge in [-0.05, 0) is 79.1 Å². The van der Waals surface area contributed by atoms with Crippen LogP contribution in [-0.4, -0.2) is 55.9 Å². The molecule has 2 aliphatic heterocycles. The summed E-state index contributed by atoms with van der Waals surface area (Å²) in [5, 5.41) is 13.7. The van der Waals surface area contributed by atoms with Gasteiger partial charge in [0.05, 0.1) is 12.6 Å². The highest BCUT2D eigenvalue weighted by atomic mass is 16.5. The standard InChI is InChI=1S/C23H30N6O2/c1-15-7-8-20-17(11-15)12-19(23(30)24-20)21(28-9-3-5-16(2)13-28)22-25-26-27-29(22)14-18-6-4-10-31-18/h7-8,11-12,16,18,21H,3-6,9-10,13-14H2,1-2H3,(H,24,30). The van der Waals surface area contributed by atoms with Gasteiger partial charge in [0.15, 0.2) is 5.82 Å². The van der Waals surface area contributed by atoms with Gasteiger partial charge < -0.3 is 9.72 Å². The fraction of sp³-hybridized carbons (Fsp3) is 0.565. The molecule has 2 saturated heterocycles. The van der Waals surface area contributed by atoms with Crippen LogP contribution in [0.25, 0.3) is 10.9 Å². The minimum absolute atomic E-state index is 0.0776. The Hall–Kier alpha value is -2.58. The number of likely N-dealkylation sites (tertiary alicyclic amines) is 1. The van der Waals surface area contributed by atoms with Crippen molar-refractivity contribution in [3.05, 3.63) is 51.6 Å². The lowest BCUT2D eigenvalue weighted by molar-refractivity contribution is 0.0889. The summed E-state index contributed by atoms with van der Waals surface area (Å²) in [6.07, 6.45) is 4.52. The number of hydrogen-bond donors (Lipinski definition) is 1. The molecule has 1 aromatic carbocycles. The van der Waals surface area contributed by atoms with E-state index in [4.69, 9.17) is 4.74 Å². The Kier molecular flexibility index (Phi) is 5.58. The average molecular weight is 423 g/mol. The Morgan fingerprint density at radius 1 is 1.26 bits per heavy atom. The van der Waals surface area contributed by atoms with Crippen molar-refractivity contribution in [2.24, 2.45) is 5.92 Å². The first-order valence-corrected chi connectivity index (χ1v) is 11.3. The van der Waals surface area contributed by atoms with Crippen LogP contribution in [0.2, 0.25) is 0 Å². The number of pyridine rings is 1. The number of tetrazole rings is 1. The lowest BCUT2D eigenvalue weighted by atomic mass is 9.95. The van der Waals surface area contributed by atoms with E-state index in [2.05, 4.69) is 45.3 Å². The van der Waals surface area contributed by atoms with Crippen molar-refractivity contribution in [1.29, 1.82) is 0 Å². The predicted molar refractivity (Wildman–Crippen MR) is 118 cm³/mol. The first-order valence-electron chi connectivity index (χ1n) is 11.3. The number of aromatic nitrogens is 5. The van der Waals surface area contributed by atoms with Crippen LogP contribution in [0.3, 0.4) is 0 Å². The third-order valence-corrected chi connectivity index (χ3v) is 6.58. The summed E-state index contributed by atoms with van der Waals surface area (Å²) in [6.45, 7) is 7.59. The number of hydrogen-bond acceptors (Lipinski definition) is 6. The van der Waals surface area contributed by atoms with Crippen molar-refractivity contribution in [2.45, 2.75) is 58.2 Å². The molecule has 2 aromatic heterocycles. The third-order valence-electron chi connectivity index (χ3n) is 6.58. The number of H-pyrrole nitrogens is 1. The molecule has 4 heterocycles. The fourth-order valence-corrected chi connectivity index (χ4v) is 5.02. The molecule has 3 aromatic rings. The second-order valence-corrected chi connectivity index (χ2v) is 9.14. The predicted octanol–water partition coefficient (Wildman–Crippen LogP) is 2.82. The maximum Gasteiger partial charge on any atom is 0.253 e. The van der Waals surface area contributed by atoms with E-state index in [1.807, 2.05) is 22.9 Å². The van der Waals surface area contributed by atoms with Crippen molar-refractivity contribution in [1.82, 2.24) is 30.1 Å². The number of ether oxygens (including phenoxy) is 1. The van der Waals surface area contributed by atoms with E-state index in [0.29, 0.717) is 18.0 Å². The average Bonchev–Trinajstić information content (AvgIpc) is 3.42. The number of aryl methyl sites for hydroxylation is 1. The molecule has 164 valence electrons. The van der Waals surface area contributed by atoms with Gasteiger partial charge in [-0.15, -0.1) is 5.10 Å². The zero-order valence-corrected chi connectivity index (χ0v) is 18.3. The summed E-state index contributed by atoms with van der Waals surface area (Å²) in [7, 11) is 0. The zero-order chi connectivity index (χ0) is 21.4. The smallest absolute Gasteiger partial charge is 0.253 e. The summed E-state index contributed by atoms with van der Waals surface area (Å²) in [5.41, 5.74) is 2.64. The molecule has 31 heavy (non-hydrogen) atoms. The molecule has 0 saturated carbocycles. The van der Waals surface area contributed by atoms with Crippen LogP contribution in [0, 0.1) is 12.8 Å².